The van der Waals surface area contributed by atoms with E-state index in [0.29, 0.717) is 12.1 Å². The fraction of sp³-hybridized carbons (Fsp3) is 0.609. The van der Waals surface area contributed by atoms with Gasteiger partial charge in [0, 0.05) is 31.4 Å². The van der Waals surface area contributed by atoms with Crippen molar-refractivity contribution in [2.24, 2.45) is 44.6 Å². The summed E-state index contributed by atoms with van der Waals surface area (Å²) in [6, 6.07) is -4.41. The van der Waals surface area contributed by atoms with Crippen LogP contribution in [-0.4, -0.2) is 87.9 Å². The number of aliphatic imine (C=N–C) groups is 2. The van der Waals surface area contributed by atoms with Crippen molar-refractivity contribution in [3.05, 3.63) is 18.2 Å². The van der Waals surface area contributed by atoms with Gasteiger partial charge < -0.3 is 54.7 Å². The standard InChI is InChI=1S/C23H42N12O5/c1-12(2)17(24)20(38)34-15(6-4-8-31-23(27)28)18(36)33-14(5-3-7-30-22(25)26)19(37)35-16(21(39)40)9-13-10-29-11-32-13/h10-12,14-17H,3-9,24H2,1-2H3,(H,29,32)(H,33,36)(H,34,38)(H,35,37)(H,39,40)(H4,25,26,30)(H4,27,28,31). The minimum atomic E-state index is -1.30. The highest BCUT2D eigenvalue weighted by atomic mass is 16.4. The minimum Gasteiger partial charge on any atom is -0.480 e. The first kappa shape index (κ1) is 33.6. The molecule has 0 saturated carbocycles. The second kappa shape index (κ2) is 17.2. The zero-order valence-electron chi connectivity index (χ0n) is 22.8. The van der Waals surface area contributed by atoms with E-state index in [0.717, 1.165) is 0 Å². The molecule has 1 heterocycles. The second-order valence-corrected chi connectivity index (χ2v) is 9.47. The fourth-order valence-electron chi connectivity index (χ4n) is 3.48. The minimum absolute atomic E-state index is 0.0632. The number of H-pyrrole nitrogens is 1. The molecule has 17 heteroatoms. The molecule has 0 aliphatic rings. The number of aliphatic carboxylic acids is 1. The summed E-state index contributed by atoms with van der Waals surface area (Å²) >= 11 is 0. The van der Waals surface area contributed by atoms with Crippen LogP contribution in [0.1, 0.15) is 45.2 Å². The van der Waals surface area contributed by atoms with Crippen LogP contribution in [0.5, 0.6) is 0 Å². The SMILES string of the molecule is CC(C)C(N)C(=O)NC(CCCN=C(N)N)C(=O)NC(CCCN=C(N)N)C(=O)NC(Cc1cnc[nH]1)C(=O)O. The summed E-state index contributed by atoms with van der Waals surface area (Å²) in [7, 11) is 0. The smallest absolute Gasteiger partial charge is 0.326 e. The summed E-state index contributed by atoms with van der Waals surface area (Å²) in [6.45, 7) is 3.89. The molecule has 0 bridgehead atoms. The number of nitrogens with two attached hydrogens (primary N) is 5. The predicted molar refractivity (Wildman–Crippen MR) is 148 cm³/mol. The summed E-state index contributed by atoms with van der Waals surface area (Å²) in [5, 5.41) is 17.3. The van der Waals surface area contributed by atoms with Gasteiger partial charge in [0.05, 0.1) is 12.4 Å². The van der Waals surface area contributed by atoms with E-state index >= 15 is 0 Å². The first-order valence-electron chi connectivity index (χ1n) is 12.8. The van der Waals surface area contributed by atoms with Crippen molar-refractivity contribution in [1.29, 1.82) is 0 Å². The van der Waals surface area contributed by atoms with Crippen LogP contribution in [0.3, 0.4) is 0 Å². The number of amides is 3. The van der Waals surface area contributed by atoms with Crippen molar-refractivity contribution in [3.8, 4) is 0 Å². The number of carboxylic acids is 1. The number of hydrogen-bond acceptors (Lipinski definition) is 8. The molecule has 1 aromatic rings. The number of carboxylic acid groups (broad SMARTS) is 1. The van der Waals surface area contributed by atoms with E-state index in [2.05, 4.69) is 35.9 Å². The normalized spacial score (nSPS) is 13.8. The number of carbonyl (C=O) groups is 4. The van der Waals surface area contributed by atoms with E-state index in [1.165, 1.54) is 12.5 Å². The molecular weight excluding hydrogens is 524 g/mol. The number of carbonyl (C=O) groups excluding carboxylic acids is 3. The third-order valence-electron chi connectivity index (χ3n) is 5.77. The number of aromatic nitrogens is 2. The number of guanidine groups is 2. The van der Waals surface area contributed by atoms with Gasteiger partial charge >= 0.3 is 5.97 Å². The Morgan fingerprint density at radius 2 is 1.35 bits per heavy atom. The molecule has 0 fully saturated rings. The van der Waals surface area contributed by atoms with Gasteiger partial charge in [-0.3, -0.25) is 24.4 Å². The average Bonchev–Trinajstić information content (AvgIpc) is 3.39. The highest BCUT2D eigenvalue weighted by molar-refractivity contribution is 5.94. The molecule has 4 unspecified atom stereocenters. The number of aromatic amines is 1. The van der Waals surface area contributed by atoms with Crippen LogP contribution in [0.15, 0.2) is 22.5 Å². The monoisotopic (exact) mass is 566 g/mol. The second-order valence-electron chi connectivity index (χ2n) is 9.47. The number of rotatable bonds is 18. The Bertz CT molecular complexity index is 1020. The summed E-state index contributed by atoms with van der Waals surface area (Å²) in [5.74, 6) is -3.68. The Labute approximate surface area is 232 Å². The average molecular weight is 567 g/mol. The predicted octanol–water partition coefficient (Wildman–Crippen LogP) is -3.42. The molecular formula is C23H42N12O5. The maximum absolute atomic E-state index is 13.3. The fourth-order valence-corrected chi connectivity index (χ4v) is 3.48. The molecule has 15 N–H and O–H groups in total. The molecule has 40 heavy (non-hydrogen) atoms. The van der Waals surface area contributed by atoms with Gasteiger partial charge in [-0.15, -0.1) is 0 Å². The van der Waals surface area contributed by atoms with Gasteiger partial charge in [0.15, 0.2) is 11.9 Å². The first-order valence-corrected chi connectivity index (χ1v) is 12.8. The van der Waals surface area contributed by atoms with Crippen LogP contribution in [-0.2, 0) is 25.6 Å². The van der Waals surface area contributed by atoms with Crippen molar-refractivity contribution in [3.63, 3.8) is 0 Å². The van der Waals surface area contributed by atoms with E-state index < -0.39 is 47.9 Å². The van der Waals surface area contributed by atoms with Crippen LogP contribution >= 0.6 is 0 Å². The first-order chi connectivity index (χ1) is 18.8. The Kier molecular flexibility index (Phi) is 14.5. The molecule has 3 amide bonds. The van der Waals surface area contributed by atoms with Gasteiger partial charge in [0.2, 0.25) is 17.7 Å². The molecule has 0 aliphatic carbocycles. The lowest BCUT2D eigenvalue weighted by molar-refractivity contribution is -0.142. The molecule has 1 rings (SSSR count). The highest BCUT2D eigenvalue weighted by Gasteiger charge is 2.30. The summed E-state index contributed by atoms with van der Waals surface area (Å²) in [5.41, 5.74) is 27.8. The number of nitrogens with zero attached hydrogens (tertiary/aromatic N) is 3. The van der Waals surface area contributed by atoms with Crippen LogP contribution in [0, 0.1) is 5.92 Å². The van der Waals surface area contributed by atoms with Gasteiger partial charge in [0.25, 0.3) is 0 Å². The maximum atomic E-state index is 13.3. The van der Waals surface area contributed by atoms with Crippen LogP contribution < -0.4 is 44.6 Å². The molecule has 1 aromatic heterocycles. The van der Waals surface area contributed by atoms with Gasteiger partial charge in [-0.1, -0.05) is 13.8 Å². The van der Waals surface area contributed by atoms with Gasteiger partial charge in [-0.25, -0.2) is 9.78 Å². The van der Waals surface area contributed by atoms with Crippen LogP contribution in [0.2, 0.25) is 0 Å². The number of imidazole rings is 1. The maximum Gasteiger partial charge on any atom is 0.326 e. The van der Waals surface area contributed by atoms with E-state index in [1.807, 2.05) is 0 Å². The molecule has 0 saturated heterocycles. The molecule has 0 radical (unpaired) electrons. The number of nitrogens with one attached hydrogen (secondary N) is 4. The quantitative estimate of drug-likeness (QED) is 0.0473. The Morgan fingerprint density at radius 1 is 0.875 bits per heavy atom. The van der Waals surface area contributed by atoms with Crippen LogP contribution in [0.25, 0.3) is 0 Å². The molecule has 0 aromatic carbocycles. The molecule has 0 spiro atoms. The summed E-state index contributed by atoms with van der Waals surface area (Å²) < 4.78 is 0. The van der Waals surface area contributed by atoms with Crippen molar-refractivity contribution >= 4 is 35.6 Å². The Morgan fingerprint density at radius 3 is 1.75 bits per heavy atom. The Balaban J connectivity index is 3.09. The topological polar surface area (TPSA) is 308 Å². The van der Waals surface area contributed by atoms with Crippen LogP contribution in [0.4, 0.5) is 0 Å². The molecule has 224 valence electrons. The largest absolute Gasteiger partial charge is 0.480 e. The van der Waals surface area contributed by atoms with E-state index in [4.69, 9.17) is 28.7 Å². The molecule has 4 atom stereocenters. The molecule has 0 aliphatic heterocycles. The van der Waals surface area contributed by atoms with Crippen molar-refractivity contribution in [2.45, 2.75) is 70.1 Å². The summed E-state index contributed by atoms with van der Waals surface area (Å²) in [6.07, 6.45) is 3.59. The number of hydrogen-bond donors (Lipinski definition) is 10. The lowest BCUT2D eigenvalue weighted by Gasteiger charge is -2.25. The Hall–Kier alpha value is -4.41. The lowest BCUT2D eigenvalue weighted by Crippen LogP contribution is -2.57. The lowest BCUT2D eigenvalue weighted by atomic mass is 10.0. The van der Waals surface area contributed by atoms with E-state index in [-0.39, 0.29) is 56.6 Å². The third kappa shape index (κ3) is 12.9. The van der Waals surface area contributed by atoms with E-state index in [1.54, 1.807) is 13.8 Å². The van der Waals surface area contributed by atoms with Gasteiger partial charge in [-0.05, 0) is 31.6 Å². The third-order valence-corrected chi connectivity index (χ3v) is 5.77. The summed E-state index contributed by atoms with van der Waals surface area (Å²) in [4.78, 5) is 65.3. The van der Waals surface area contributed by atoms with Crippen molar-refractivity contribution in [1.82, 2.24) is 25.9 Å². The zero-order valence-corrected chi connectivity index (χ0v) is 22.8. The van der Waals surface area contributed by atoms with Crippen molar-refractivity contribution in [2.75, 3.05) is 13.1 Å². The van der Waals surface area contributed by atoms with Gasteiger partial charge in [-0.2, -0.15) is 0 Å². The van der Waals surface area contributed by atoms with Gasteiger partial charge in [0.1, 0.15) is 18.1 Å². The zero-order chi connectivity index (χ0) is 30.2. The van der Waals surface area contributed by atoms with Crippen molar-refractivity contribution < 1.29 is 24.3 Å². The molecule has 17 nitrogen and oxygen atoms in total. The van der Waals surface area contributed by atoms with E-state index in [9.17, 15) is 24.3 Å². The highest BCUT2D eigenvalue weighted by Crippen LogP contribution is 2.07.